The Morgan fingerprint density at radius 1 is 1.08 bits per heavy atom. The number of fused-ring (bicyclic) bond motifs is 1. The third kappa shape index (κ3) is 2.73. The standard InChI is InChI=1S/C18H21N3O4/c1-19-14-11-13(5-6-15(14)25-18(19)24)17(23)21-9-7-20(8-10-21)16(22)12-3-2-4-12/h5-6,11-12H,2-4,7-10H2,1H3. The Morgan fingerprint density at radius 3 is 2.40 bits per heavy atom. The Bertz CT molecular complexity index is 885. The second kappa shape index (κ2) is 6.06. The molecule has 1 aliphatic carbocycles. The average molecular weight is 343 g/mol. The Kier molecular flexibility index (Phi) is 3.86. The second-order valence-corrected chi connectivity index (χ2v) is 6.85. The van der Waals surface area contributed by atoms with Gasteiger partial charge in [0.05, 0.1) is 5.52 Å². The van der Waals surface area contributed by atoms with Crippen molar-refractivity contribution >= 4 is 22.9 Å². The lowest BCUT2D eigenvalue weighted by Crippen LogP contribution is -2.52. The number of carbonyl (C=O) groups excluding carboxylic acids is 2. The maximum atomic E-state index is 12.7. The van der Waals surface area contributed by atoms with E-state index in [4.69, 9.17) is 4.42 Å². The van der Waals surface area contributed by atoms with Crippen molar-refractivity contribution < 1.29 is 14.0 Å². The molecule has 2 heterocycles. The van der Waals surface area contributed by atoms with Crippen LogP contribution in [0.15, 0.2) is 27.4 Å². The number of nitrogens with zero attached hydrogens (tertiary/aromatic N) is 3. The van der Waals surface area contributed by atoms with Crippen LogP contribution in [0, 0.1) is 5.92 Å². The molecule has 0 atom stereocenters. The second-order valence-electron chi connectivity index (χ2n) is 6.85. The summed E-state index contributed by atoms with van der Waals surface area (Å²) in [5, 5.41) is 0. The zero-order chi connectivity index (χ0) is 17.6. The van der Waals surface area contributed by atoms with Crippen molar-refractivity contribution in [2.24, 2.45) is 13.0 Å². The Morgan fingerprint density at radius 2 is 1.76 bits per heavy atom. The average Bonchev–Trinajstić information content (AvgIpc) is 2.87. The first kappa shape index (κ1) is 15.9. The molecule has 2 amide bonds. The van der Waals surface area contributed by atoms with Crippen molar-refractivity contribution in [3.63, 3.8) is 0 Å². The van der Waals surface area contributed by atoms with Crippen LogP contribution in [0.1, 0.15) is 29.6 Å². The zero-order valence-corrected chi connectivity index (χ0v) is 14.2. The third-order valence-electron chi connectivity index (χ3n) is 5.37. The number of rotatable bonds is 2. The number of amides is 2. The minimum Gasteiger partial charge on any atom is -0.408 e. The monoisotopic (exact) mass is 343 g/mol. The molecule has 2 aliphatic rings. The molecule has 7 nitrogen and oxygen atoms in total. The zero-order valence-electron chi connectivity index (χ0n) is 14.2. The van der Waals surface area contributed by atoms with Gasteiger partial charge < -0.3 is 14.2 Å². The first-order chi connectivity index (χ1) is 12.0. The topological polar surface area (TPSA) is 75.8 Å². The molecule has 0 N–H and O–H groups in total. The van der Waals surface area contributed by atoms with Gasteiger partial charge in [-0.3, -0.25) is 14.2 Å². The van der Waals surface area contributed by atoms with Crippen molar-refractivity contribution in [1.82, 2.24) is 14.4 Å². The molecule has 1 aliphatic heterocycles. The maximum absolute atomic E-state index is 12.7. The molecule has 132 valence electrons. The number of aryl methyl sites for hydroxylation is 1. The number of hydrogen-bond donors (Lipinski definition) is 0. The lowest BCUT2D eigenvalue weighted by molar-refractivity contribution is -0.139. The minimum atomic E-state index is -0.442. The highest BCUT2D eigenvalue weighted by Gasteiger charge is 2.32. The summed E-state index contributed by atoms with van der Waals surface area (Å²) in [5.41, 5.74) is 1.61. The van der Waals surface area contributed by atoms with Crippen LogP contribution in [0.25, 0.3) is 11.1 Å². The summed E-state index contributed by atoms with van der Waals surface area (Å²) >= 11 is 0. The van der Waals surface area contributed by atoms with Gasteiger partial charge >= 0.3 is 5.76 Å². The quantitative estimate of drug-likeness (QED) is 0.821. The Labute approximate surface area is 144 Å². The summed E-state index contributed by atoms with van der Waals surface area (Å²) in [6.07, 6.45) is 3.15. The van der Waals surface area contributed by atoms with Crippen LogP contribution in [-0.2, 0) is 11.8 Å². The molecular weight excluding hydrogens is 322 g/mol. The van der Waals surface area contributed by atoms with Crippen LogP contribution < -0.4 is 5.76 Å². The van der Waals surface area contributed by atoms with Crippen molar-refractivity contribution in [1.29, 1.82) is 0 Å². The molecule has 25 heavy (non-hydrogen) atoms. The van der Waals surface area contributed by atoms with E-state index in [-0.39, 0.29) is 17.7 Å². The van der Waals surface area contributed by atoms with E-state index >= 15 is 0 Å². The number of piperazine rings is 1. The van der Waals surface area contributed by atoms with E-state index in [0.29, 0.717) is 42.8 Å². The molecule has 1 aromatic carbocycles. The fraction of sp³-hybridized carbons (Fsp3) is 0.500. The van der Waals surface area contributed by atoms with Crippen molar-refractivity contribution in [3.05, 3.63) is 34.3 Å². The van der Waals surface area contributed by atoms with Gasteiger partial charge in [-0.2, -0.15) is 0 Å². The number of carbonyl (C=O) groups is 2. The first-order valence-corrected chi connectivity index (χ1v) is 8.72. The summed E-state index contributed by atoms with van der Waals surface area (Å²) in [6.45, 7) is 2.26. The molecule has 1 aromatic heterocycles. The summed E-state index contributed by atoms with van der Waals surface area (Å²) < 4.78 is 6.49. The molecule has 0 spiro atoms. The molecule has 1 saturated heterocycles. The normalized spacial score (nSPS) is 18.4. The highest BCUT2D eigenvalue weighted by molar-refractivity contribution is 5.97. The van der Waals surface area contributed by atoms with Gasteiger partial charge in [-0.15, -0.1) is 0 Å². The lowest BCUT2D eigenvalue weighted by atomic mass is 9.84. The van der Waals surface area contributed by atoms with E-state index in [9.17, 15) is 14.4 Å². The number of benzene rings is 1. The molecule has 2 aromatic rings. The third-order valence-corrected chi connectivity index (χ3v) is 5.37. The Hall–Kier alpha value is -2.57. The van der Waals surface area contributed by atoms with E-state index in [1.165, 1.54) is 4.57 Å². The molecule has 0 unspecified atom stereocenters. The van der Waals surface area contributed by atoms with Gasteiger partial charge in [0.15, 0.2) is 5.58 Å². The minimum absolute atomic E-state index is 0.0775. The smallest absolute Gasteiger partial charge is 0.408 e. The number of hydrogen-bond acceptors (Lipinski definition) is 4. The fourth-order valence-electron chi connectivity index (χ4n) is 3.49. The van der Waals surface area contributed by atoms with Crippen molar-refractivity contribution in [2.45, 2.75) is 19.3 Å². The summed E-state index contributed by atoms with van der Waals surface area (Å²) in [4.78, 5) is 40.3. The van der Waals surface area contributed by atoms with Crippen molar-refractivity contribution in [3.8, 4) is 0 Å². The summed E-state index contributed by atoms with van der Waals surface area (Å²) in [6, 6.07) is 5.02. The SMILES string of the molecule is Cn1c(=O)oc2ccc(C(=O)N3CCN(C(=O)C4CCC4)CC3)cc21. The van der Waals surface area contributed by atoms with Gasteiger partial charge in [-0.25, -0.2) is 4.79 Å². The molecular formula is C18H21N3O4. The van der Waals surface area contributed by atoms with Crippen LogP contribution in [0.3, 0.4) is 0 Å². The van der Waals surface area contributed by atoms with E-state index in [2.05, 4.69) is 0 Å². The lowest BCUT2D eigenvalue weighted by Gasteiger charge is -2.38. The molecule has 0 bridgehead atoms. The van der Waals surface area contributed by atoms with Crippen molar-refractivity contribution in [2.75, 3.05) is 26.2 Å². The van der Waals surface area contributed by atoms with E-state index in [1.54, 1.807) is 30.1 Å². The van der Waals surface area contributed by atoms with Crippen LogP contribution in [0.2, 0.25) is 0 Å². The van der Waals surface area contributed by atoms with Gasteiger partial charge in [-0.1, -0.05) is 6.42 Å². The predicted octanol–water partition coefficient (Wildman–Crippen LogP) is 1.22. The van der Waals surface area contributed by atoms with Crippen LogP contribution in [-0.4, -0.2) is 52.4 Å². The van der Waals surface area contributed by atoms with Crippen LogP contribution >= 0.6 is 0 Å². The van der Waals surface area contributed by atoms with Gasteiger partial charge in [0, 0.05) is 44.7 Å². The van der Waals surface area contributed by atoms with E-state index in [0.717, 1.165) is 19.3 Å². The van der Waals surface area contributed by atoms with Gasteiger partial charge in [-0.05, 0) is 31.0 Å². The van der Waals surface area contributed by atoms with Crippen LogP contribution in [0.4, 0.5) is 0 Å². The molecule has 1 saturated carbocycles. The van der Waals surface area contributed by atoms with Gasteiger partial charge in [0.1, 0.15) is 0 Å². The Balaban J connectivity index is 1.46. The number of aromatic nitrogens is 1. The molecule has 2 fully saturated rings. The highest BCUT2D eigenvalue weighted by Crippen LogP contribution is 2.28. The predicted molar refractivity (Wildman–Crippen MR) is 91.3 cm³/mol. The first-order valence-electron chi connectivity index (χ1n) is 8.72. The van der Waals surface area contributed by atoms with E-state index < -0.39 is 5.76 Å². The largest absolute Gasteiger partial charge is 0.419 e. The van der Waals surface area contributed by atoms with Gasteiger partial charge in [0.25, 0.3) is 5.91 Å². The van der Waals surface area contributed by atoms with Gasteiger partial charge in [0.2, 0.25) is 5.91 Å². The highest BCUT2D eigenvalue weighted by atomic mass is 16.4. The van der Waals surface area contributed by atoms with E-state index in [1.807, 2.05) is 4.90 Å². The number of oxazole rings is 1. The fourth-order valence-corrected chi connectivity index (χ4v) is 3.49. The maximum Gasteiger partial charge on any atom is 0.419 e. The van der Waals surface area contributed by atoms with Crippen LogP contribution in [0.5, 0.6) is 0 Å². The molecule has 7 heteroatoms. The molecule has 0 radical (unpaired) electrons. The molecule has 4 rings (SSSR count). The summed E-state index contributed by atoms with van der Waals surface area (Å²) in [5.74, 6) is -0.0748. The summed E-state index contributed by atoms with van der Waals surface area (Å²) in [7, 11) is 1.62.